The minimum atomic E-state index is -0.962. The van der Waals surface area contributed by atoms with E-state index in [0.717, 1.165) is 31.4 Å². The van der Waals surface area contributed by atoms with Gasteiger partial charge in [-0.15, -0.1) is 0 Å². The van der Waals surface area contributed by atoms with Crippen LogP contribution in [0.1, 0.15) is 42.1 Å². The van der Waals surface area contributed by atoms with E-state index in [2.05, 4.69) is 12.2 Å². The quantitative estimate of drug-likeness (QED) is 0.891. The fourth-order valence-corrected chi connectivity index (χ4v) is 2.65. The summed E-state index contributed by atoms with van der Waals surface area (Å²) in [5.41, 5.74) is 1.65. The average molecular weight is 276 g/mol. The SMILES string of the molecule is CCC1CCCN1C(=O)Nc1ccc(C(=O)O)cc1C. The van der Waals surface area contributed by atoms with Crippen molar-refractivity contribution < 1.29 is 14.7 Å². The highest BCUT2D eigenvalue weighted by Crippen LogP contribution is 2.22. The number of amides is 2. The third-order valence-electron chi connectivity index (χ3n) is 3.82. The highest BCUT2D eigenvalue weighted by Gasteiger charge is 2.27. The number of carbonyl (C=O) groups excluding carboxylic acids is 1. The lowest BCUT2D eigenvalue weighted by Gasteiger charge is -2.24. The van der Waals surface area contributed by atoms with E-state index in [9.17, 15) is 9.59 Å². The van der Waals surface area contributed by atoms with Gasteiger partial charge in [0.2, 0.25) is 0 Å². The predicted molar refractivity (Wildman–Crippen MR) is 77.2 cm³/mol. The summed E-state index contributed by atoms with van der Waals surface area (Å²) in [7, 11) is 0. The summed E-state index contributed by atoms with van der Waals surface area (Å²) in [6, 6.07) is 4.94. The van der Waals surface area contributed by atoms with Crippen molar-refractivity contribution in [1.29, 1.82) is 0 Å². The number of aromatic carboxylic acids is 1. The summed E-state index contributed by atoms with van der Waals surface area (Å²) in [5, 5.41) is 11.8. The Morgan fingerprint density at radius 3 is 2.80 bits per heavy atom. The number of benzene rings is 1. The number of anilines is 1. The van der Waals surface area contributed by atoms with Crippen LogP contribution in [0.5, 0.6) is 0 Å². The first-order valence-corrected chi connectivity index (χ1v) is 6.94. The van der Waals surface area contributed by atoms with Crippen LogP contribution in [0.25, 0.3) is 0 Å². The number of carboxylic acid groups (broad SMARTS) is 1. The minimum absolute atomic E-state index is 0.0967. The summed E-state index contributed by atoms with van der Waals surface area (Å²) < 4.78 is 0. The van der Waals surface area contributed by atoms with E-state index in [1.54, 1.807) is 19.1 Å². The van der Waals surface area contributed by atoms with Gasteiger partial charge in [0.05, 0.1) is 5.56 Å². The summed E-state index contributed by atoms with van der Waals surface area (Å²) in [5.74, 6) is -0.962. The van der Waals surface area contributed by atoms with E-state index >= 15 is 0 Å². The van der Waals surface area contributed by atoms with Crippen LogP contribution in [0, 0.1) is 6.92 Å². The fourth-order valence-electron chi connectivity index (χ4n) is 2.65. The van der Waals surface area contributed by atoms with Gasteiger partial charge in [-0.25, -0.2) is 9.59 Å². The maximum absolute atomic E-state index is 12.3. The Balaban J connectivity index is 2.10. The monoisotopic (exact) mass is 276 g/mol. The average Bonchev–Trinajstić information content (AvgIpc) is 2.89. The molecule has 0 saturated carbocycles. The smallest absolute Gasteiger partial charge is 0.335 e. The highest BCUT2D eigenvalue weighted by molar-refractivity contribution is 5.93. The van der Waals surface area contributed by atoms with Crippen molar-refractivity contribution in [1.82, 2.24) is 4.90 Å². The number of hydrogen-bond acceptors (Lipinski definition) is 2. The largest absolute Gasteiger partial charge is 0.478 e. The zero-order valence-corrected chi connectivity index (χ0v) is 11.8. The number of carboxylic acids is 1. The van der Waals surface area contributed by atoms with Crippen LogP contribution in [-0.2, 0) is 0 Å². The van der Waals surface area contributed by atoms with Crippen LogP contribution in [0.15, 0.2) is 18.2 Å². The molecular formula is C15H20N2O3. The molecule has 1 atom stereocenters. The second kappa shape index (κ2) is 5.94. The van der Waals surface area contributed by atoms with Crippen LogP contribution in [0.4, 0.5) is 10.5 Å². The van der Waals surface area contributed by atoms with Gasteiger partial charge in [-0.1, -0.05) is 6.92 Å². The molecule has 0 spiro atoms. The Bertz CT molecular complexity index is 528. The molecule has 5 nitrogen and oxygen atoms in total. The lowest BCUT2D eigenvalue weighted by atomic mass is 10.1. The van der Waals surface area contributed by atoms with E-state index in [4.69, 9.17) is 5.11 Å². The van der Waals surface area contributed by atoms with Crippen LogP contribution < -0.4 is 5.32 Å². The van der Waals surface area contributed by atoms with Gasteiger partial charge in [0.25, 0.3) is 0 Å². The zero-order chi connectivity index (χ0) is 14.7. The first kappa shape index (κ1) is 14.4. The van der Waals surface area contributed by atoms with Crippen molar-refractivity contribution in [2.45, 2.75) is 39.2 Å². The molecule has 5 heteroatoms. The first-order chi connectivity index (χ1) is 9.52. The third kappa shape index (κ3) is 2.92. The normalized spacial score (nSPS) is 18.1. The lowest BCUT2D eigenvalue weighted by Crippen LogP contribution is -2.38. The molecule has 2 N–H and O–H groups in total. The standard InChI is InChI=1S/C15H20N2O3/c1-3-12-5-4-8-17(12)15(20)16-13-7-6-11(14(18)19)9-10(13)2/h6-7,9,12H,3-5,8H2,1-2H3,(H,16,20)(H,18,19). The molecule has 1 aliphatic heterocycles. The number of nitrogens with one attached hydrogen (secondary N) is 1. The van der Waals surface area contributed by atoms with Crippen LogP contribution in [0.3, 0.4) is 0 Å². The molecule has 0 aromatic heterocycles. The molecular weight excluding hydrogens is 256 g/mol. The number of rotatable bonds is 3. The minimum Gasteiger partial charge on any atom is -0.478 e. The summed E-state index contributed by atoms with van der Waals surface area (Å²) in [4.78, 5) is 25.0. The molecule has 0 radical (unpaired) electrons. The Morgan fingerprint density at radius 2 is 2.20 bits per heavy atom. The molecule has 1 aliphatic rings. The first-order valence-electron chi connectivity index (χ1n) is 6.94. The third-order valence-corrected chi connectivity index (χ3v) is 3.82. The van der Waals surface area contributed by atoms with Gasteiger partial charge >= 0.3 is 12.0 Å². The molecule has 1 aromatic carbocycles. The van der Waals surface area contributed by atoms with Crippen LogP contribution in [0.2, 0.25) is 0 Å². The fraction of sp³-hybridized carbons (Fsp3) is 0.467. The van der Waals surface area contributed by atoms with Crippen molar-refractivity contribution in [3.05, 3.63) is 29.3 Å². The van der Waals surface area contributed by atoms with E-state index in [0.29, 0.717) is 11.7 Å². The van der Waals surface area contributed by atoms with Gasteiger partial charge in [-0.05, 0) is 49.9 Å². The van der Waals surface area contributed by atoms with E-state index in [-0.39, 0.29) is 11.6 Å². The Kier molecular flexibility index (Phi) is 4.27. The van der Waals surface area contributed by atoms with Gasteiger partial charge in [0.15, 0.2) is 0 Å². The van der Waals surface area contributed by atoms with E-state index in [1.807, 2.05) is 4.90 Å². The summed E-state index contributed by atoms with van der Waals surface area (Å²) >= 11 is 0. The molecule has 1 heterocycles. The number of likely N-dealkylation sites (tertiary alicyclic amines) is 1. The number of carbonyl (C=O) groups is 2. The maximum Gasteiger partial charge on any atom is 0.335 e. The van der Waals surface area contributed by atoms with Gasteiger partial charge in [0.1, 0.15) is 0 Å². The molecule has 20 heavy (non-hydrogen) atoms. The Hall–Kier alpha value is -2.04. The molecule has 108 valence electrons. The number of hydrogen-bond donors (Lipinski definition) is 2. The van der Waals surface area contributed by atoms with Gasteiger partial charge in [-0.2, -0.15) is 0 Å². The molecule has 1 saturated heterocycles. The van der Waals surface area contributed by atoms with E-state index < -0.39 is 5.97 Å². The summed E-state index contributed by atoms with van der Waals surface area (Å²) in [6.45, 7) is 4.67. The van der Waals surface area contributed by atoms with Crippen molar-refractivity contribution in [3.8, 4) is 0 Å². The van der Waals surface area contributed by atoms with Crippen molar-refractivity contribution in [3.63, 3.8) is 0 Å². The Labute approximate surface area is 118 Å². The van der Waals surface area contributed by atoms with Crippen molar-refractivity contribution >= 4 is 17.7 Å². The van der Waals surface area contributed by atoms with Gasteiger partial charge < -0.3 is 15.3 Å². The molecule has 0 bridgehead atoms. The zero-order valence-electron chi connectivity index (χ0n) is 11.8. The second-order valence-electron chi connectivity index (χ2n) is 5.16. The van der Waals surface area contributed by atoms with Gasteiger partial charge in [-0.3, -0.25) is 0 Å². The van der Waals surface area contributed by atoms with Crippen LogP contribution in [-0.4, -0.2) is 34.6 Å². The van der Waals surface area contributed by atoms with Crippen molar-refractivity contribution in [2.24, 2.45) is 0 Å². The van der Waals surface area contributed by atoms with Crippen LogP contribution >= 0.6 is 0 Å². The molecule has 1 fully saturated rings. The maximum atomic E-state index is 12.3. The molecule has 0 aliphatic carbocycles. The highest BCUT2D eigenvalue weighted by atomic mass is 16.4. The lowest BCUT2D eigenvalue weighted by molar-refractivity contribution is 0.0697. The number of nitrogens with zero attached hydrogens (tertiary/aromatic N) is 1. The van der Waals surface area contributed by atoms with Gasteiger partial charge in [0, 0.05) is 18.3 Å². The molecule has 1 unspecified atom stereocenters. The number of aryl methyl sites for hydroxylation is 1. The second-order valence-corrected chi connectivity index (χ2v) is 5.16. The Morgan fingerprint density at radius 1 is 1.45 bits per heavy atom. The molecule has 2 amide bonds. The van der Waals surface area contributed by atoms with E-state index in [1.165, 1.54) is 6.07 Å². The molecule has 2 rings (SSSR count). The molecule has 1 aromatic rings. The predicted octanol–water partition coefficient (Wildman–Crippen LogP) is 3.10. The summed E-state index contributed by atoms with van der Waals surface area (Å²) in [6.07, 6.45) is 3.06. The topological polar surface area (TPSA) is 69.6 Å². The van der Waals surface area contributed by atoms with Crippen molar-refractivity contribution in [2.75, 3.05) is 11.9 Å². The number of urea groups is 1.